The molecule has 1 fully saturated rings. The second-order valence-corrected chi connectivity index (χ2v) is 8.47. The van der Waals surface area contributed by atoms with Crippen molar-refractivity contribution in [2.75, 3.05) is 12.0 Å². The molecule has 108 valence electrons. The summed E-state index contributed by atoms with van der Waals surface area (Å²) in [7, 11) is -3.16. The summed E-state index contributed by atoms with van der Waals surface area (Å²) in [6.07, 6.45) is 3.10. The van der Waals surface area contributed by atoms with Crippen LogP contribution in [0.15, 0.2) is 35.6 Å². The lowest BCUT2D eigenvalue weighted by molar-refractivity contribution is 0.595. The van der Waals surface area contributed by atoms with Crippen LogP contribution in [0.1, 0.15) is 6.42 Å². The number of para-hydroxylation sites is 1. The molecule has 1 aliphatic rings. The van der Waals surface area contributed by atoms with Gasteiger partial charge < -0.3 is 0 Å². The van der Waals surface area contributed by atoms with Gasteiger partial charge in [-0.3, -0.25) is 0 Å². The van der Waals surface area contributed by atoms with E-state index in [-0.39, 0.29) is 0 Å². The van der Waals surface area contributed by atoms with E-state index >= 15 is 0 Å². The number of nitrogens with zero attached hydrogens (tertiary/aromatic N) is 3. The Morgan fingerprint density at radius 3 is 2.86 bits per heavy atom. The largest absolute Gasteiger partial charge is 0.236 e. The Hall–Kier alpha value is -1.65. The number of benzene rings is 1. The van der Waals surface area contributed by atoms with Gasteiger partial charge in [0.05, 0.1) is 22.3 Å². The third-order valence-corrected chi connectivity index (χ3v) is 6.63. The van der Waals surface area contributed by atoms with Crippen LogP contribution in [-0.2, 0) is 9.84 Å². The minimum absolute atomic E-state index is 0.415. The summed E-state index contributed by atoms with van der Waals surface area (Å²) in [6.45, 7) is 0. The fraction of sp³-hybridized carbons (Fsp3) is 0.357. The summed E-state index contributed by atoms with van der Waals surface area (Å²) in [6, 6.07) is 9.83. The number of fused-ring (bicyclic) bond motifs is 1. The van der Waals surface area contributed by atoms with E-state index in [1.807, 2.05) is 24.3 Å². The van der Waals surface area contributed by atoms with Crippen LogP contribution in [0.25, 0.3) is 10.9 Å². The van der Waals surface area contributed by atoms with Crippen LogP contribution in [0.4, 0.5) is 0 Å². The Kier molecular flexibility index (Phi) is 3.38. The minimum atomic E-state index is -3.16. The highest BCUT2D eigenvalue weighted by molar-refractivity contribution is 7.99. The van der Waals surface area contributed by atoms with Crippen molar-refractivity contribution in [1.82, 2.24) is 9.97 Å². The quantitative estimate of drug-likeness (QED) is 0.633. The molecule has 2 aromatic rings. The van der Waals surface area contributed by atoms with Crippen LogP contribution in [0.3, 0.4) is 0 Å². The minimum Gasteiger partial charge on any atom is -0.236 e. The van der Waals surface area contributed by atoms with Crippen molar-refractivity contribution in [2.45, 2.75) is 16.7 Å². The number of hydrogen-bond donors (Lipinski definition) is 0. The Bertz CT molecular complexity index is 839. The van der Waals surface area contributed by atoms with Crippen LogP contribution < -0.4 is 0 Å². The third-order valence-electron chi connectivity index (χ3n) is 3.72. The molecule has 0 N–H and O–H groups in total. The van der Waals surface area contributed by atoms with Crippen LogP contribution in [0.2, 0.25) is 0 Å². The highest BCUT2D eigenvalue weighted by Crippen LogP contribution is 2.52. The summed E-state index contributed by atoms with van der Waals surface area (Å²) in [5.41, 5.74) is 0.0704. The normalized spacial score (nSPS) is 24.7. The van der Waals surface area contributed by atoms with Gasteiger partial charge in [0.2, 0.25) is 0 Å². The van der Waals surface area contributed by atoms with Crippen molar-refractivity contribution in [2.24, 2.45) is 5.41 Å². The molecule has 3 rings (SSSR count). The number of thioether (sulfide) groups is 1. The van der Waals surface area contributed by atoms with Gasteiger partial charge in [-0.05, 0) is 12.5 Å². The van der Waals surface area contributed by atoms with Gasteiger partial charge >= 0.3 is 0 Å². The molecule has 1 saturated carbocycles. The van der Waals surface area contributed by atoms with Crippen molar-refractivity contribution in [3.63, 3.8) is 0 Å². The van der Waals surface area contributed by atoms with E-state index in [1.165, 1.54) is 24.3 Å². The summed E-state index contributed by atoms with van der Waals surface area (Å²) in [5.74, 6) is 0.433. The average Bonchev–Trinajstić information content (AvgIpc) is 3.21. The van der Waals surface area contributed by atoms with Crippen LogP contribution in [0, 0.1) is 16.7 Å². The fourth-order valence-corrected chi connectivity index (χ4v) is 5.32. The predicted molar refractivity (Wildman–Crippen MR) is 81.6 cm³/mol. The van der Waals surface area contributed by atoms with Gasteiger partial charge in [-0.15, -0.1) is 11.8 Å². The maximum atomic E-state index is 11.6. The zero-order chi connectivity index (χ0) is 15.1. The first-order valence-electron chi connectivity index (χ1n) is 6.39. The first kappa shape index (κ1) is 14.3. The molecule has 21 heavy (non-hydrogen) atoms. The first-order chi connectivity index (χ1) is 9.96. The van der Waals surface area contributed by atoms with E-state index < -0.39 is 20.5 Å². The van der Waals surface area contributed by atoms with Crippen molar-refractivity contribution in [3.8, 4) is 6.07 Å². The lowest BCUT2D eigenvalue weighted by atomic mass is 10.2. The summed E-state index contributed by atoms with van der Waals surface area (Å²) in [4.78, 5) is 8.44. The SMILES string of the molecule is CS(=O)(=O)[C@@H]1C[C@@]1(C#N)CSc1ncnc2ccccc12. The summed E-state index contributed by atoms with van der Waals surface area (Å²) in [5, 5.41) is 10.5. The van der Waals surface area contributed by atoms with Gasteiger partial charge in [-0.25, -0.2) is 18.4 Å². The number of sulfone groups is 1. The van der Waals surface area contributed by atoms with Gasteiger partial charge in [0, 0.05) is 17.4 Å². The van der Waals surface area contributed by atoms with Crippen LogP contribution in [0.5, 0.6) is 0 Å². The molecule has 5 nitrogen and oxygen atoms in total. The molecule has 1 heterocycles. The Morgan fingerprint density at radius 2 is 2.19 bits per heavy atom. The van der Waals surface area contributed by atoms with Crippen molar-refractivity contribution in [3.05, 3.63) is 30.6 Å². The molecule has 0 aliphatic heterocycles. The van der Waals surface area contributed by atoms with Gasteiger partial charge in [0.15, 0.2) is 9.84 Å². The fourth-order valence-electron chi connectivity index (χ4n) is 2.43. The summed E-state index contributed by atoms with van der Waals surface area (Å²) < 4.78 is 23.2. The maximum absolute atomic E-state index is 11.6. The second-order valence-electron chi connectivity index (χ2n) is 5.27. The predicted octanol–water partition coefficient (Wildman–Crippen LogP) is 2.05. The van der Waals surface area contributed by atoms with Crippen LogP contribution in [-0.4, -0.2) is 35.6 Å². The van der Waals surface area contributed by atoms with E-state index in [0.29, 0.717) is 12.2 Å². The monoisotopic (exact) mass is 319 g/mol. The van der Waals surface area contributed by atoms with E-state index in [2.05, 4.69) is 16.0 Å². The molecular weight excluding hydrogens is 306 g/mol. The van der Waals surface area contributed by atoms with E-state index in [9.17, 15) is 13.7 Å². The average molecular weight is 319 g/mol. The Labute approximate surface area is 127 Å². The van der Waals surface area contributed by atoms with Crippen molar-refractivity contribution in [1.29, 1.82) is 5.26 Å². The first-order valence-corrected chi connectivity index (χ1v) is 9.33. The Balaban J connectivity index is 1.84. The van der Waals surface area contributed by atoms with E-state index in [1.54, 1.807) is 0 Å². The zero-order valence-electron chi connectivity index (χ0n) is 11.4. The number of hydrogen-bond acceptors (Lipinski definition) is 6. The topological polar surface area (TPSA) is 83.7 Å². The summed E-state index contributed by atoms with van der Waals surface area (Å²) >= 11 is 1.43. The zero-order valence-corrected chi connectivity index (χ0v) is 13.0. The highest BCUT2D eigenvalue weighted by Gasteiger charge is 2.60. The lowest BCUT2D eigenvalue weighted by Gasteiger charge is -2.08. The molecule has 7 heteroatoms. The van der Waals surface area contributed by atoms with Gasteiger partial charge in [-0.2, -0.15) is 5.26 Å². The molecule has 0 radical (unpaired) electrons. The number of nitriles is 1. The molecule has 0 saturated heterocycles. The molecular formula is C14H13N3O2S2. The standard InChI is InChI=1S/C14H13N3O2S2/c1-21(18,19)12-6-14(12,7-15)8-20-13-10-4-2-3-5-11(10)16-9-17-13/h2-5,9,12H,6,8H2,1H3/t12-,14-/m1/s1. The maximum Gasteiger partial charge on any atom is 0.151 e. The van der Waals surface area contributed by atoms with E-state index in [0.717, 1.165) is 15.9 Å². The molecule has 0 spiro atoms. The molecule has 0 bridgehead atoms. The molecule has 0 unspecified atom stereocenters. The molecule has 0 amide bonds. The molecule has 2 atom stereocenters. The van der Waals surface area contributed by atoms with Gasteiger partial charge in [-0.1, -0.05) is 18.2 Å². The van der Waals surface area contributed by atoms with Gasteiger partial charge in [0.25, 0.3) is 0 Å². The smallest absolute Gasteiger partial charge is 0.151 e. The number of rotatable bonds is 4. The van der Waals surface area contributed by atoms with E-state index in [4.69, 9.17) is 0 Å². The van der Waals surface area contributed by atoms with Crippen molar-refractivity contribution >= 4 is 32.5 Å². The van der Waals surface area contributed by atoms with Crippen LogP contribution >= 0.6 is 11.8 Å². The second kappa shape index (κ2) is 4.97. The molecule has 1 aliphatic carbocycles. The lowest BCUT2D eigenvalue weighted by Crippen LogP contribution is -2.15. The molecule has 1 aromatic heterocycles. The van der Waals surface area contributed by atoms with Gasteiger partial charge in [0.1, 0.15) is 11.4 Å². The highest BCUT2D eigenvalue weighted by atomic mass is 32.2. The third kappa shape index (κ3) is 2.61. The number of aromatic nitrogens is 2. The van der Waals surface area contributed by atoms with Crippen molar-refractivity contribution < 1.29 is 8.42 Å². The Morgan fingerprint density at radius 1 is 1.43 bits per heavy atom. The molecule has 1 aromatic carbocycles.